The molecule has 220 valence electrons. The zero-order valence-corrected chi connectivity index (χ0v) is 21.3. The van der Waals surface area contributed by atoms with E-state index < -0.39 is 90.8 Å². The number of hydrogen-bond donors (Lipinski definition) is 11. The normalized spacial score (nSPS) is 18.4. The Morgan fingerprint density at radius 1 is 0.650 bits per heavy atom. The smallest absolute Gasteiger partial charge is 0.242 e. The van der Waals surface area contributed by atoms with E-state index in [9.17, 15) is 33.6 Å². The first-order chi connectivity index (χ1) is 18.4. The van der Waals surface area contributed by atoms with Gasteiger partial charge < -0.3 is 56.5 Å². The van der Waals surface area contributed by atoms with E-state index in [-0.39, 0.29) is 29.2 Å². The topological polar surface area (TPSA) is 376 Å². The molecule has 19 N–H and O–H groups in total. The van der Waals surface area contributed by atoms with Gasteiger partial charge in [-0.2, -0.15) is 0 Å². The average Bonchev–Trinajstić information content (AvgIpc) is 2.79. The summed E-state index contributed by atoms with van der Waals surface area (Å²) in [5.74, 6) is -6.67. The second-order valence-corrected chi connectivity index (χ2v) is 8.83. The lowest BCUT2D eigenvalue weighted by molar-refractivity contribution is -0.125. The minimum Gasteiger partial charge on any atom is -0.401 e. The molecule has 0 radical (unpaired) electrons. The van der Waals surface area contributed by atoms with Crippen LogP contribution in [0, 0.1) is 0 Å². The first-order valence-electron chi connectivity index (χ1n) is 11.5. The molecule has 0 saturated carbocycles. The summed E-state index contributed by atoms with van der Waals surface area (Å²) in [5.41, 5.74) is 42.5. The number of carbonyl (C=O) groups is 7. The first-order valence-corrected chi connectivity index (χ1v) is 11.5. The Hall–Kier alpha value is -5.20. The number of carbonyl (C=O) groups excluding carboxylic acids is 7. The molecule has 5 unspecified atom stereocenters. The molecule has 1 rings (SSSR count). The van der Waals surface area contributed by atoms with Crippen LogP contribution in [-0.4, -0.2) is 77.3 Å². The molecule has 7 amide bonds. The van der Waals surface area contributed by atoms with Crippen LogP contribution in [0.5, 0.6) is 0 Å². The number of hydrogen-bond acceptors (Lipinski definition) is 12. The van der Waals surface area contributed by atoms with Gasteiger partial charge in [-0.25, -0.2) is 0 Å². The number of nitrogens with one attached hydrogen (secondary N) is 3. The number of primary amides is 7. The van der Waals surface area contributed by atoms with E-state index in [1.165, 1.54) is 0 Å². The van der Waals surface area contributed by atoms with Gasteiger partial charge in [0, 0.05) is 12.1 Å². The Balaban J connectivity index is 3.86. The molecule has 0 aromatic carbocycles. The largest absolute Gasteiger partial charge is 0.401 e. The van der Waals surface area contributed by atoms with Crippen molar-refractivity contribution in [3.63, 3.8) is 0 Å². The van der Waals surface area contributed by atoms with Crippen LogP contribution in [0.4, 0.5) is 0 Å². The molecule has 0 aliphatic heterocycles. The fraction of sp³-hybridized carbons (Fsp3) is 0.429. The van der Waals surface area contributed by atoms with Crippen molar-refractivity contribution in [3.8, 4) is 0 Å². The zero-order valence-electron chi connectivity index (χ0n) is 21.3. The van der Waals surface area contributed by atoms with Crippen molar-refractivity contribution in [2.75, 3.05) is 0 Å². The van der Waals surface area contributed by atoms with Crippen molar-refractivity contribution in [2.45, 2.75) is 55.9 Å². The van der Waals surface area contributed by atoms with E-state index in [0.29, 0.717) is 0 Å². The van der Waals surface area contributed by atoms with Crippen LogP contribution in [0.3, 0.4) is 0 Å². The monoisotopic (exact) mass is 566 g/mol. The van der Waals surface area contributed by atoms with Crippen LogP contribution < -0.4 is 61.8 Å². The molecule has 1 aliphatic carbocycles. The van der Waals surface area contributed by atoms with Crippen molar-refractivity contribution >= 4 is 47.1 Å². The van der Waals surface area contributed by atoms with Gasteiger partial charge in [0.05, 0.1) is 48.5 Å². The third-order valence-electron chi connectivity index (χ3n) is 5.47. The van der Waals surface area contributed by atoms with Crippen LogP contribution in [0.1, 0.15) is 25.7 Å². The fourth-order valence-corrected chi connectivity index (χ4v) is 3.57. The highest BCUT2D eigenvalue weighted by Gasteiger charge is 2.43. The van der Waals surface area contributed by atoms with E-state index in [1.807, 2.05) is 0 Å². The first kappa shape index (κ1) is 32.8. The van der Waals surface area contributed by atoms with Crippen LogP contribution in [0.25, 0.3) is 0 Å². The third-order valence-corrected chi connectivity index (χ3v) is 5.47. The molecule has 5 atom stereocenters. The van der Waals surface area contributed by atoms with Gasteiger partial charge >= 0.3 is 0 Å². The molecule has 0 spiro atoms. The maximum atomic E-state index is 12.1. The third kappa shape index (κ3) is 9.59. The summed E-state index contributed by atoms with van der Waals surface area (Å²) in [6.07, 6.45) is -2.17. The molecule has 0 aromatic heterocycles. The van der Waals surface area contributed by atoms with Crippen molar-refractivity contribution in [2.24, 2.45) is 50.9 Å². The Morgan fingerprint density at radius 3 is 1.45 bits per heavy atom. The average molecular weight is 567 g/mol. The number of nitrogens with two attached hydrogens (primary N) is 8. The Morgan fingerprint density at radius 2 is 1.07 bits per heavy atom. The molecule has 0 heterocycles. The standard InChI is InChI=1S/C21H34N12O7/c1-6(22)7(2-11(23)34)30-15-16(31-8(19(27)38)3-12(24)35)18(33-10(21(29)40)5-14(26)37)17(15)32-9(20(28)39)4-13(25)36/h7-10,15,30-31,33H,1-5,22H2,(H2,23,34)(H2,24,35)(H2,25,36)(H2,26,37)(H2,27,38)(H2,28,39)(H2,29,40). The minimum atomic E-state index is -1.52. The van der Waals surface area contributed by atoms with Crippen molar-refractivity contribution in [3.05, 3.63) is 23.7 Å². The molecular formula is C21H34N12O7. The summed E-state index contributed by atoms with van der Waals surface area (Å²) in [7, 11) is 0. The number of nitrogens with zero attached hydrogens (tertiary/aromatic N) is 1. The van der Waals surface area contributed by atoms with Crippen LogP contribution in [0.15, 0.2) is 28.7 Å². The summed E-state index contributed by atoms with van der Waals surface area (Å²) in [5, 5.41) is 8.22. The van der Waals surface area contributed by atoms with E-state index in [2.05, 4.69) is 27.5 Å². The van der Waals surface area contributed by atoms with Gasteiger partial charge in [-0.3, -0.25) is 43.9 Å². The lowest BCUT2D eigenvalue weighted by atomic mass is 9.87. The summed E-state index contributed by atoms with van der Waals surface area (Å²) in [6, 6.07) is -6.57. The highest BCUT2D eigenvalue weighted by Crippen LogP contribution is 2.27. The number of aliphatic imine (C=N–C) groups is 1. The van der Waals surface area contributed by atoms with Gasteiger partial charge in [-0.05, 0) is 0 Å². The van der Waals surface area contributed by atoms with Gasteiger partial charge in [0.2, 0.25) is 41.4 Å². The number of rotatable bonds is 19. The van der Waals surface area contributed by atoms with Gasteiger partial charge in [-0.1, -0.05) is 6.58 Å². The molecule has 0 bridgehead atoms. The lowest BCUT2D eigenvalue weighted by Gasteiger charge is -2.41. The SMILES string of the molecule is C=C(N)C(CC(N)=O)NC1C(=NC(CC(N)=O)C(N)=O)C(NC(CC(N)=O)C(N)=O)=C1NC(CC(N)=O)C(N)=O. The van der Waals surface area contributed by atoms with E-state index in [4.69, 9.17) is 45.9 Å². The van der Waals surface area contributed by atoms with Crippen LogP contribution >= 0.6 is 0 Å². The molecule has 0 saturated heterocycles. The van der Waals surface area contributed by atoms with E-state index >= 15 is 0 Å². The highest BCUT2D eigenvalue weighted by atomic mass is 16.2. The molecule has 19 nitrogen and oxygen atoms in total. The summed E-state index contributed by atoms with van der Waals surface area (Å²) < 4.78 is 0. The molecule has 19 heteroatoms. The number of amides is 7. The molecule has 0 aromatic rings. The maximum absolute atomic E-state index is 12.1. The van der Waals surface area contributed by atoms with Crippen molar-refractivity contribution in [1.29, 1.82) is 0 Å². The van der Waals surface area contributed by atoms with Gasteiger partial charge in [0.25, 0.3) is 0 Å². The van der Waals surface area contributed by atoms with Crippen molar-refractivity contribution in [1.82, 2.24) is 16.0 Å². The van der Waals surface area contributed by atoms with Crippen molar-refractivity contribution < 1.29 is 33.6 Å². The summed E-state index contributed by atoms with van der Waals surface area (Å²) in [6.45, 7) is 3.58. The Bertz CT molecular complexity index is 1160. The molecular weight excluding hydrogens is 532 g/mol. The van der Waals surface area contributed by atoms with Crippen LogP contribution in [0.2, 0.25) is 0 Å². The summed E-state index contributed by atoms with van der Waals surface area (Å²) in [4.78, 5) is 86.6. The molecule has 0 fully saturated rings. The highest BCUT2D eigenvalue weighted by molar-refractivity contribution is 6.14. The Kier molecular flexibility index (Phi) is 11.6. The fourth-order valence-electron chi connectivity index (χ4n) is 3.57. The predicted molar refractivity (Wildman–Crippen MR) is 139 cm³/mol. The molecule has 1 aliphatic rings. The summed E-state index contributed by atoms with van der Waals surface area (Å²) >= 11 is 0. The minimum absolute atomic E-state index is 0.0301. The second-order valence-electron chi connectivity index (χ2n) is 8.83. The quantitative estimate of drug-likeness (QED) is 0.0697. The van der Waals surface area contributed by atoms with Gasteiger partial charge in [0.1, 0.15) is 18.1 Å². The lowest BCUT2D eigenvalue weighted by Crippen LogP contribution is -2.63. The van der Waals surface area contributed by atoms with E-state index in [1.54, 1.807) is 0 Å². The maximum Gasteiger partial charge on any atom is 0.242 e. The van der Waals surface area contributed by atoms with Crippen LogP contribution in [-0.2, 0) is 33.6 Å². The predicted octanol–water partition coefficient (Wildman–Crippen LogP) is -7.31. The molecule has 40 heavy (non-hydrogen) atoms. The second kappa shape index (κ2) is 14.1. The van der Waals surface area contributed by atoms with Gasteiger partial charge in [-0.15, -0.1) is 0 Å². The van der Waals surface area contributed by atoms with Gasteiger partial charge in [0.15, 0.2) is 0 Å². The zero-order chi connectivity index (χ0) is 30.9. The Labute approximate surface area is 227 Å². The van der Waals surface area contributed by atoms with E-state index in [0.717, 1.165) is 0 Å².